The molecule has 0 aliphatic carbocycles. The molecule has 0 aromatic heterocycles. The molecule has 2 aromatic rings. The van der Waals surface area contributed by atoms with E-state index in [2.05, 4.69) is 5.32 Å². The summed E-state index contributed by atoms with van der Waals surface area (Å²) in [7, 11) is 0. The van der Waals surface area contributed by atoms with E-state index >= 15 is 0 Å². The van der Waals surface area contributed by atoms with Gasteiger partial charge in [-0.15, -0.1) is 0 Å². The van der Waals surface area contributed by atoms with E-state index in [-0.39, 0.29) is 24.8 Å². The molecule has 1 aliphatic heterocycles. The molecule has 0 fully saturated rings. The van der Waals surface area contributed by atoms with Gasteiger partial charge in [0.05, 0.1) is 30.3 Å². The van der Waals surface area contributed by atoms with E-state index in [1.807, 2.05) is 12.1 Å². The monoisotopic (exact) mass is 321 g/mol. The van der Waals surface area contributed by atoms with Crippen molar-refractivity contribution < 1.29 is 14.3 Å². The number of nitriles is 1. The Morgan fingerprint density at radius 1 is 1.21 bits per heavy atom. The number of carbonyl (C=O) groups is 2. The third kappa shape index (κ3) is 3.36. The van der Waals surface area contributed by atoms with Gasteiger partial charge in [-0.2, -0.15) is 5.26 Å². The summed E-state index contributed by atoms with van der Waals surface area (Å²) in [5.41, 5.74) is 1.68. The van der Waals surface area contributed by atoms with Gasteiger partial charge in [-0.3, -0.25) is 14.5 Å². The number of amides is 2. The summed E-state index contributed by atoms with van der Waals surface area (Å²) in [4.78, 5) is 26.0. The highest BCUT2D eigenvalue weighted by atomic mass is 16.5. The molecule has 2 amide bonds. The maximum Gasteiger partial charge on any atom is 0.244 e. The fraction of sp³-hybridized carbons (Fsp3) is 0.167. The van der Waals surface area contributed by atoms with Crippen molar-refractivity contribution >= 4 is 23.2 Å². The molecule has 1 aliphatic rings. The summed E-state index contributed by atoms with van der Waals surface area (Å²) in [5.74, 6) is 0.120. The first-order valence-electron chi connectivity index (χ1n) is 7.49. The first kappa shape index (κ1) is 15.6. The summed E-state index contributed by atoms with van der Waals surface area (Å²) in [6, 6.07) is 15.7. The van der Waals surface area contributed by atoms with Crippen LogP contribution in [0.25, 0.3) is 0 Å². The van der Waals surface area contributed by atoms with Crippen molar-refractivity contribution in [3.63, 3.8) is 0 Å². The van der Waals surface area contributed by atoms with Gasteiger partial charge in [0.25, 0.3) is 0 Å². The number of anilines is 2. The molecule has 24 heavy (non-hydrogen) atoms. The van der Waals surface area contributed by atoms with Crippen LogP contribution in [0.5, 0.6) is 5.75 Å². The Labute approximate surface area is 139 Å². The summed E-state index contributed by atoms with van der Waals surface area (Å²) in [6.07, 6.45) is 0.221. The van der Waals surface area contributed by atoms with E-state index < -0.39 is 0 Å². The van der Waals surface area contributed by atoms with Crippen LogP contribution in [0.2, 0.25) is 0 Å². The van der Waals surface area contributed by atoms with Crippen LogP contribution >= 0.6 is 0 Å². The standard InChI is InChI=1S/C18H15N3O3/c19-11-13-5-7-14(8-6-13)20-17(22)12-21-15-3-1-2-4-16(15)24-10-9-18(21)23/h1-8H,9-10,12H2,(H,20,22). The van der Waals surface area contributed by atoms with Crippen molar-refractivity contribution in [1.82, 2.24) is 0 Å². The molecule has 0 atom stereocenters. The zero-order valence-corrected chi connectivity index (χ0v) is 12.9. The molecule has 1 heterocycles. The van der Waals surface area contributed by atoms with Gasteiger partial charge in [0.1, 0.15) is 12.3 Å². The SMILES string of the molecule is N#Cc1ccc(NC(=O)CN2C(=O)CCOc3ccccc32)cc1. The van der Waals surface area contributed by atoms with Gasteiger partial charge in [-0.05, 0) is 36.4 Å². The fourth-order valence-electron chi connectivity index (χ4n) is 2.47. The largest absolute Gasteiger partial charge is 0.491 e. The summed E-state index contributed by atoms with van der Waals surface area (Å²) < 4.78 is 5.55. The number of carbonyl (C=O) groups excluding carboxylic acids is 2. The highest BCUT2D eigenvalue weighted by Crippen LogP contribution is 2.30. The van der Waals surface area contributed by atoms with Gasteiger partial charge in [0.15, 0.2) is 0 Å². The summed E-state index contributed by atoms with van der Waals surface area (Å²) in [5, 5.41) is 11.5. The highest BCUT2D eigenvalue weighted by molar-refractivity contribution is 6.03. The van der Waals surface area contributed by atoms with Crippen LogP contribution in [0.3, 0.4) is 0 Å². The average molecular weight is 321 g/mol. The summed E-state index contributed by atoms with van der Waals surface area (Å²) >= 11 is 0. The van der Waals surface area contributed by atoms with Crippen molar-refractivity contribution in [2.75, 3.05) is 23.4 Å². The molecule has 6 nitrogen and oxygen atoms in total. The number of para-hydroxylation sites is 2. The number of nitrogens with zero attached hydrogens (tertiary/aromatic N) is 2. The average Bonchev–Trinajstić information content (AvgIpc) is 2.75. The quantitative estimate of drug-likeness (QED) is 0.940. The molecule has 120 valence electrons. The Balaban J connectivity index is 1.75. The van der Waals surface area contributed by atoms with Crippen LogP contribution in [0, 0.1) is 11.3 Å². The molecule has 0 radical (unpaired) electrons. The van der Waals surface area contributed by atoms with Gasteiger partial charge in [-0.25, -0.2) is 0 Å². The van der Waals surface area contributed by atoms with Crippen molar-refractivity contribution in [2.24, 2.45) is 0 Å². The number of hydrogen-bond donors (Lipinski definition) is 1. The van der Waals surface area contributed by atoms with Crippen molar-refractivity contribution in [3.8, 4) is 11.8 Å². The molecule has 3 rings (SSSR count). The third-order valence-electron chi connectivity index (χ3n) is 3.63. The number of benzene rings is 2. The lowest BCUT2D eigenvalue weighted by molar-refractivity contribution is -0.121. The Morgan fingerprint density at radius 3 is 2.71 bits per heavy atom. The van der Waals surface area contributed by atoms with Gasteiger partial charge in [0.2, 0.25) is 11.8 Å². The van der Waals surface area contributed by atoms with Gasteiger partial charge in [0, 0.05) is 5.69 Å². The van der Waals surface area contributed by atoms with Gasteiger partial charge in [-0.1, -0.05) is 12.1 Å². The minimum atomic E-state index is -0.315. The van der Waals surface area contributed by atoms with E-state index in [0.717, 1.165) is 0 Å². The minimum absolute atomic E-state index is 0.0980. The molecular weight excluding hydrogens is 306 g/mol. The normalized spacial score (nSPS) is 13.3. The number of nitrogens with one attached hydrogen (secondary N) is 1. The first-order valence-corrected chi connectivity index (χ1v) is 7.49. The topological polar surface area (TPSA) is 82.4 Å². The predicted molar refractivity (Wildman–Crippen MR) is 88.7 cm³/mol. The number of fused-ring (bicyclic) bond motifs is 1. The second-order valence-electron chi connectivity index (χ2n) is 5.28. The van der Waals surface area contributed by atoms with Gasteiger partial charge >= 0.3 is 0 Å². The molecule has 0 unspecified atom stereocenters. The zero-order valence-electron chi connectivity index (χ0n) is 12.9. The van der Waals surface area contributed by atoms with Crippen LogP contribution in [-0.4, -0.2) is 25.0 Å². The Hall–Kier alpha value is -3.33. The lowest BCUT2D eigenvalue weighted by Gasteiger charge is -2.21. The maximum atomic E-state index is 12.3. The second-order valence-corrected chi connectivity index (χ2v) is 5.28. The Kier molecular flexibility index (Phi) is 4.43. The molecular formula is C18H15N3O3. The lowest BCUT2D eigenvalue weighted by Crippen LogP contribution is -2.37. The smallest absolute Gasteiger partial charge is 0.244 e. The number of ether oxygens (including phenoxy) is 1. The molecule has 0 spiro atoms. The molecule has 1 N–H and O–H groups in total. The second kappa shape index (κ2) is 6.84. The molecule has 2 aromatic carbocycles. The molecule has 6 heteroatoms. The summed E-state index contributed by atoms with van der Waals surface area (Å²) in [6.45, 7) is 0.197. The van der Waals surface area contributed by atoms with Crippen molar-refractivity contribution in [2.45, 2.75) is 6.42 Å². The fourth-order valence-corrected chi connectivity index (χ4v) is 2.47. The predicted octanol–water partition coefficient (Wildman–Crippen LogP) is 2.31. The van der Waals surface area contributed by atoms with E-state index in [1.165, 1.54) is 4.90 Å². The van der Waals surface area contributed by atoms with Crippen molar-refractivity contribution in [3.05, 3.63) is 54.1 Å². The van der Waals surface area contributed by atoms with Crippen LogP contribution in [0.4, 0.5) is 11.4 Å². The molecule has 0 bridgehead atoms. The minimum Gasteiger partial charge on any atom is -0.491 e. The van der Waals surface area contributed by atoms with E-state index in [0.29, 0.717) is 29.3 Å². The Bertz CT molecular complexity index is 809. The van der Waals surface area contributed by atoms with Crippen LogP contribution in [0.15, 0.2) is 48.5 Å². The Morgan fingerprint density at radius 2 is 1.96 bits per heavy atom. The maximum absolute atomic E-state index is 12.3. The zero-order chi connectivity index (χ0) is 16.9. The lowest BCUT2D eigenvalue weighted by atomic mass is 10.2. The first-order chi connectivity index (χ1) is 11.7. The third-order valence-corrected chi connectivity index (χ3v) is 3.63. The molecule has 0 saturated carbocycles. The van der Waals surface area contributed by atoms with Gasteiger partial charge < -0.3 is 10.1 Å². The van der Waals surface area contributed by atoms with Crippen LogP contribution in [-0.2, 0) is 9.59 Å². The number of rotatable bonds is 3. The van der Waals surface area contributed by atoms with E-state index in [4.69, 9.17) is 10.00 Å². The van der Waals surface area contributed by atoms with Crippen molar-refractivity contribution in [1.29, 1.82) is 5.26 Å². The number of hydrogen-bond acceptors (Lipinski definition) is 4. The van der Waals surface area contributed by atoms with Crippen LogP contribution in [0.1, 0.15) is 12.0 Å². The molecule has 0 saturated heterocycles. The highest BCUT2D eigenvalue weighted by Gasteiger charge is 2.24. The van der Waals surface area contributed by atoms with E-state index in [1.54, 1.807) is 42.5 Å². The van der Waals surface area contributed by atoms with E-state index in [9.17, 15) is 9.59 Å². The van der Waals surface area contributed by atoms with Crippen LogP contribution < -0.4 is 15.0 Å².